The molecule has 0 spiro atoms. The second kappa shape index (κ2) is 4.34. The fraction of sp³-hybridized carbons (Fsp3) is 0.250. The number of aromatic nitrogens is 3. The minimum atomic E-state index is 0.576. The van der Waals surface area contributed by atoms with E-state index in [1.165, 1.54) is 23.7 Å². The van der Waals surface area contributed by atoms with E-state index in [0.717, 1.165) is 17.3 Å². The minimum absolute atomic E-state index is 0.576. The largest absolute Gasteiger partial charge is 0.350 e. The first kappa shape index (κ1) is 11.5. The van der Waals surface area contributed by atoms with Gasteiger partial charge in [0, 0.05) is 36.6 Å². The van der Waals surface area contributed by atoms with Gasteiger partial charge in [0.25, 0.3) is 0 Å². The van der Waals surface area contributed by atoms with Crippen LogP contribution in [0, 0.1) is 0 Å². The number of nitrogens with one attached hydrogen (secondary N) is 1. The lowest BCUT2D eigenvalue weighted by molar-refractivity contribution is 0.930. The Balaban J connectivity index is 1.66. The lowest BCUT2D eigenvalue weighted by atomic mass is 10.2. The second-order valence-electron chi connectivity index (χ2n) is 5.40. The van der Waals surface area contributed by atoms with Gasteiger partial charge in [-0.3, -0.25) is 0 Å². The first-order chi connectivity index (χ1) is 9.79. The van der Waals surface area contributed by atoms with Crippen LogP contribution in [-0.4, -0.2) is 14.5 Å². The van der Waals surface area contributed by atoms with Crippen molar-refractivity contribution in [3.05, 3.63) is 48.5 Å². The zero-order chi connectivity index (χ0) is 13.5. The van der Waals surface area contributed by atoms with Gasteiger partial charge in [-0.1, -0.05) is 6.07 Å². The van der Waals surface area contributed by atoms with Gasteiger partial charge in [-0.25, -0.2) is 9.97 Å². The molecule has 1 N–H and O–H groups in total. The van der Waals surface area contributed by atoms with E-state index < -0.39 is 0 Å². The molecule has 0 saturated heterocycles. The third kappa shape index (κ3) is 2.03. The van der Waals surface area contributed by atoms with Crippen molar-refractivity contribution in [3.63, 3.8) is 0 Å². The Kier molecular flexibility index (Phi) is 2.49. The van der Waals surface area contributed by atoms with Gasteiger partial charge in [0.15, 0.2) is 0 Å². The number of fused-ring (bicyclic) bond motifs is 1. The number of benzene rings is 1. The number of hydrogen-bond donors (Lipinski definition) is 1. The Morgan fingerprint density at radius 1 is 1.20 bits per heavy atom. The van der Waals surface area contributed by atoms with Crippen molar-refractivity contribution >= 4 is 22.4 Å². The molecule has 1 saturated carbocycles. The van der Waals surface area contributed by atoms with Crippen molar-refractivity contribution in [2.45, 2.75) is 18.8 Å². The minimum Gasteiger partial charge on any atom is -0.350 e. The van der Waals surface area contributed by atoms with Crippen LogP contribution in [0.25, 0.3) is 10.9 Å². The molecule has 1 aliphatic rings. The van der Waals surface area contributed by atoms with Crippen molar-refractivity contribution in [2.24, 2.45) is 7.05 Å². The fourth-order valence-corrected chi connectivity index (χ4v) is 2.47. The summed E-state index contributed by atoms with van der Waals surface area (Å²) in [5, 5.41) is 4.62. The predicted octanol–water partition coefficient (Wildman–Crippen LogP) is 3.59. The van der Waals surface area contributed by atoms with Crippen LogP contribution in [0.1, 0.15) is 24.6 Å². The van der Waals surface area contributed by atoms with Crippen molar-refractivity contribution in [2.75, 3.05) is 5.32 Å². The topological polar surface area (TPSA) is 42.7 Å². The molecule has 0 aliphatic heterocycles. The Hall–Kier alpha value is -2.36. The predicted molar refractivity (Wildman–Crippen MR) is 80.2 cm³/mol. The van der Waals surface area contributed by atoms with Crippen LogP contribution < -0.4 is 5.32 Å². The summed E-state index contributed by atoms with van der Waals surface area (Å²) in [4.78, 5) is 8.93. The summed E-state index contributed by atoms with van der Waals surface area (Å²) in [7, 11) is 2.06. The molecule has 0 bridgehead atoms. The lowest BCUT2D eigenvalue weighted by Crippen LogP contribution is -1.98. The van der Waals surface area contributed by atoms with E-state index >= 15 is 0 Å². The van der Waals surface area contributed by atoms with Crippen molar-refractivity contribution in [1.29, 1.82) is 0 Å². The quantitative estimate of drug-likeness (QED) is 0.786. The van der Waals surface area contributed by atoms with Gasteiger partial charge in [0.1, 0.15) is 11.6 Å². The first-order valence-electron chi connectivity index (χ1n) is 6.95. The van der Waals surface area contributed by atoms with Crippen LogP contribution in [0.3, 0.4) is 0 Å². The molecule has 3 aromatic rings. The summed E-state index contributed by atoms with van der Waals surface area (Å²) >= 11 is 0. The van der Waals surface area contributed by atoms with Crippen LogP contribution >= 0.6 is 0 Å². The molecule has 1 aliphatic carbocycles. The third-order valence-electron chi connectivity index (χ3n) is 3.78. The van der Waals surface area contributed by atoms with E-state index in [1.807, 2.05) is 12.3 Å². The SMILES string of the molecule is Cn1ccc2ccc(Nc3ccnc(C4CC4)n3)cc21. The summed E-state index contributed by atoms with van der Waals surface area (Å²) in [5.41, 5.74) is 2.27. The van der Waals surface area contributed by atoms with Crippen molar-refractivity contribution in [1.82, 2.24) is 14.5 Å². The molecular formula is C16H16N4. The van der Waals surface area contributed by atoms with Crippen LogP contribution in [0.5, 0.6) is 0 Å². The first-order valence-corrected chi connectivity index (χ1v) is 6.95. The number of hydrogen-bond acceptors (Lipinski definition) is 3. The fourth-order valence-electron chi connectivity index (χ4n) is 2.47. The Bertz CT molecular complexity index is 771. The van der Waals surface area contributed by atoms with Gasteiger partial charge in [0.05, 0.1) is 0 Å². The van der Waals surface area contributed by atoms with Crippen molar-refractivity contribution < 1.29 is 0 Å². The average molecular weight is 264 g/mol. The summed E-state index contributed by atoms with van der Waals surface area (Å²) < 4.78 is 2.12. The lowest BCUT2D eigenvalue weighted by Gasteiger charge is -2.07. The summed E-state index contributed by atoms with van der Waals surface area (Å²) in [5.74, 6) is 2.41. The maximum atomic E-state index is 4.59. The number of rotatable bonds is 3. The standard InChI is InChI=1S/C16H16N4/c1-20-9-7-11-4-5-13(10-14(11)20)18-15-6-8-17-16(19-15)12-2-3-12/h4-10,12H,2-3H2,1H3,(H,17,18,19). The molecule has 0 atom stereocenters. The summed E-state index contributed by atoms with van der Waals surface area (Å²) in [6.45, 7) is 0. The van der Waals surface area contributed by atoms with Crippen molar-refractivity contribution in [3.8, 4) is 0 Å². The van der Waals surface area contributed by atoms with Gasteiger partial charge >= 0.3 is 0 Å². The highest BCUT2D eigenvalue weighted by Gasteiger charge is 2.26. The Morgan fingerprint density at radius 2 is 2.10 bits per heavy atom. The highest BCUT2D eigenvalue weighted by molar-refractivity contribution is 5.84. The second-order valence-corrected chi connectivity index (χ2v) is 5.40. The normalized spacial score (nSPS) is 14.7. The van der Waals surface area contributed by atoms with Crippen LogP contribution in [0.2, 0.25) is 0 Å². The van der Waals surface area contributed by atoms with Gasteiger partial charge in [-0.05, 0) is 42.5 Å². The molecule has 1 fully saturated rings. The zero-order valence-electron chi connectivity index (χ0n) is 11.4. The number of nitrogens with zero attached hydrogens (tertiary/aromatic N) is 3. The molecule has 4 rings (SSSR count). The maximum Gasteiger partial charge on any atom is 0.134 e. The molecule has 4 nitrogen and oxygen atoms in total. The summed E-state index contributed by atoms with van der Waals surface area (Å²) in [6, 6.07) is 10.4. The monoisotopic (exact) mass is 264 g/mol. The number of anilines is 2. The summed E-state index contributed by atoms with van der Waals surface area (Å²) in [6.07, 6.45) is 6.35. The van der Waals surface area contributed by atoms with E-state index in [9.17, 15) is 0 Å². The van der Waals surface area contributed by atoms with Gasteiger partial charge in [-0.2, -0.15) is 0 Å². The molecule has 0 amide bonds. The molecule has 20 heavy (non-hydrogen) atoms. The average Bonchev–Trinajstić information content (AvgIpc) is 3.25. The maximum absolute atomic E-state index is 4.59. The zero-order valence-corrected chi connectivity index (χ0v) is 11.4. The van der Waals surface area contributed by atoms with Crippen LogP contribution in [0.4, 0.5) is 11.5 Å². The van der Waals surface area contributed by atoms with E-state index in [1.54, 1.807) is 0 Å². The van der Waals surface area contributed by atoms with Gasteiger partial charge in [0.2, 0.25) is 0 Å². The Labute approximate surface area is 117 Å². The van der Waals surface area contributed by atoms with Crippen LogP contribution in [-0.2, 0) is 7.05 Å². The molecule has 2 heterocycles. The van der Waals surface area contributed by atoms with E-state index in [4.69, 9.17) is 0 Å². The molecule has 2 aromatic heterocycles. The molecule has 100 valence electrons. The Morgan fingerprint density at radius 3 is 2.95 bits per heavy atom. The van der Waals surface area contributed by atoms with E-state index in [2.05, 4.69) is 57.4 Å². The van der Waals surface area contributed by atoms with Gasteiger partial charge < -0.3 is 9.88 Å². The van der Waals surface area contributed by atoms with E-state index in [-0.39, 0.29) is 0 Å². The molecule has 4 heteroatoms. The van der Waals surface area contributed by atoms with E-state index in [0.29, 0.717) is 5.92 Å². The third-order valence-corrected chi connectivity index (χ3v) is 3.78. The molecule has 0 radical (unpaired) electrons. The van der Waals surface area contributed by atoms with Crippen LogP contribution in [0.15, 0.2) is 42.7 Å². The highest BCUT2D eigenvalue weighted by Crippen LogP contribution is 2.38. The number of aryl methyl sites for hydroxylation is 1. The highest BCUT2D eigenvalue weighted by atomic mass is 15.0. The molecule has 1 aromatic carbocycles. The molecule has 0 unspecified atom stereocenters. The smallest absolute Gasteiger partial charge is 0.134 e. The van der Waals surface area contributed by atoms with Gasteiger partial charge in [-0.15, -0.1) is 0 Å². The molecular weight excluding hydrogens is 248 g/mol.